The molecular weight excluding hydrogens is 408 g/mol. The number of thiazole rings is 1. The van der Waals surface area contributed by atoms with E-state index in [2.05, 4.69) is 20.9 Å². The molecule has 1 aromatic carbocycles. The number of ether oxygens (including phenoxy) is 1. The Balaban J connectivity index is 1.43. The van der Waals surface area contributed by atoms with E-state index >= 15 is 0 Å². The molecule has 0 unspecified atom stereocenters. The van der Waals surface area contributed by atoms with Gasteiger partial charge in [0.25, 0.3) is 5.91 Å². The zero-order valence-corrected chi connectivity index (χ0v) is 17.0. The number of nitrogens with zero attached hydrogens (tertiary/aromatic N) is 1. The first-order valence-electron chi connectivity index (χ1n) is 9.03. The summed E-state index contributed by atoms with van der Waals surface area (Å²) in [4.78, 5) is 39.1. The van der Waals surface area contributed by atoms with Gasteiger partial charge in [0.05, 0.1) is 13.1 Å². The van der Waals surface area contributed by atoms with Crippen molar-refractivity contribution in [1.29, 1.82) is 0 Å². The molecule has 0 aliphatic heterocycles. The van der Waals surface area contributed by atoms with E-state index < -0.39 is 11.8 Å². The molecule has 9 nitrogen and oxygen atoms in total. The lowest BCUT2D eigenvalue weighted by atomic mass is 10.3. The third-order valence-corrected chi connectivity index (χ3v) is 4.49. The zero-order valence-electron chi connectivity index (χ0n) is 16.1. The van der Waals surface area contributed by atoms with Gasteiger partial charge in [0, 0.05) is 12.3 Å². The van der Waals surface area contributed by atoms with Gasteiger partial charge in [-0.15, -0.1) is 11.3 Å². The Morgan fingerprint density at radius 2 is 1.87 bits per heavy atom. The van der Waals surface area contributed by atoms with Gasteiger partial charge in [-0.3, -0.25) is 14.4 Å². The van der Waals surface area contributed by atoms with E-state index in [0.717, 1.165) is 0 Å². The average molecular weight is 428 g/mol. The Labute approximate surface area is 176 Å². The molecule has 0 saturated carbocycles. The number of amides is 3. The Morgan fingerprint density at radius 3 is 2.63 bits per heavy atom. The smallest absolute Gasteiger partial charge is 0.258 e. The molecule has 0 radical (unpaired) electrons. The number of aromatic nitrogens is 1. The number of benzene rings is 1. The minimum atomic E-state index is -0.408. The molecular formula is C20H20N4O5S. The van der Waals surface area contributed by atoms with Gasteiger partial charge in [-0.2, -0.15) is 0 Å². The third-order valence-electron chi connectivity index (χ3n) is 3.74. The fraction of sp³-hybridized carbons (Fsp3) is 0.200. The van der Waals surface area contributed by atoms with Crippen molar-refractivity contribution in [2.75, 3.05) is 18.5 Å². The second-order valence-electron chi connectivity index (χ2n) is 6.14. The minimum Gasteiger partial charge on any atom is -0.484 e. The van der Waals surface area contributed by atoms with Crippen LogP contribution in [0.25, 0.3) is 11.5 Å². The SMILES string of the molecule is CC(=O)NCc1ccc(-c2csc(NC(=O)CNC(=O)COc3ccccc3)n2)o1. The molecule has 0 saturated heterocycles. The highest BCUT2D eigenvalue weighted by atomic mass is 32.1. The van der Waals surface area contributed by atoms with E-state index in [9.17, 15) is 14.4 Å². The molecule has 0 fully saturated rings. The van der Waals surface area contributed by atoms with Crippen LogP contribution in [-0.2, 0) is 20.9 Å². The van der Waals surface area contributed by atoms with Crippen molar-refractivity contribution < 1.29 is 23.5 Å². The van der Waals surface area contributed by atoms with Crippen molar-refractivity contribution in [1.82, 2.24) is 15.6 Å². The fourth-order valence-corrected chi connectivity index (χ4v) is 3.04. The van der Waals surface area contributed by atoms with E-state index in [0.29, 0.717) is 28.1 Å². The topological polar surface area (TPSA) is 123 Å². The number of para-hydroxylation sites is 1. The van der Waals surface area contributed by atoms with Crippen LogP contribution in [0.5, 0.6) is 5.75 Å². The van der Waals surface area contributed by atoms with Gasteiger partial charge in [0.2, 0.25) is 11.8 Å². The number of hydrogen-bond acceptors (Lipinski definition) is 7. The van der Waals surface area contributed by atoms with Gasteiger partial charge in [-0.05, 0) is 24.3 Å². The summed E-state index contributed by atoms with van der Waals surface area (Å²) in [5.74, 6) is 0.736. The van der Waals surface area contributed by atoms with E-state index in [1.165, 1.54) is 18.3 Å². The Hall–Kier alpha value is -3.66. The van der Waals surface area contributed by atoms with Gasteiger partial charge < -0.3 is 25.1 Å². The van der Waals surface area contributed by atoms with Gasteiger partial charge >= 0.3 is 0 Å². The molecule has 0 atom stereocenters. The van der Waals surface area contributed by atoms with Crippen LogP contribution in [0.15, 0.2) is 52.3 Å². The summed E-state index contributed by atoms with van der Waals surface area (Å²) in [5, 5.41) is 9.87. The average Bonchev–Trinajstić information content (AvgIpc) is 3.39. The van der Waals surface area contributed by atoms with E-state index in [4.69, 9.17) is 9.15 Å². The summed E-state index contributed by atoms with van der Waals surface area (Å²) >= 11 is 1.23. The molecule has 3 N–H and O–H groups in total. The molecule has 0 aliphatic carbocycles. The zero-order chi connectivity index (χ0) is 21.3. The van der Waals surface area contributed by atoms with Crippen LogP contribution in [-0.4, -0.2) is 35.9 Å². The van der Waals surface area contributed by atoms with Crippen molar-refractivity contribution in [3.63, 3.8) is 0 Å². The molecule has 3 rings (SSSR count). The van der Waals surface area contributed by atoms with Crippen LogP contribution in [0.4, 0.5) is 5.13 Å². The second kappa shape index (κ2) is 10.2. The molecule has 30 heavy (non-hydrogen) atoms. The largest absolute Gasteiger partial charge is 0.484 e. The first kappa shape index (κ1) is 21.1. The molecule has 156 valence electrons. The molecule has 2 heterocycles. The van der Waals surface area contributed by atoms with Crippen molar-refractivity contribution in [2.24, 2.45) is 0 Å². The number of rotatable bonds is 9. The summed E-state index contributed by atoms with van der Waals surface area (Å²) in [6.45, 7) is 1.33. The second-order valence-corrected chi connectivity index (χ2v) is 7.00. The molecule has 0 aliphatic rings. The van der Waals surface area contributed by atoms with Gasteiger partial charge in [0.1, 0.15) is 17.2 Å². The summed E-state index contributed by atoms with van der Waals surface area (Å²) < 4.78 is 10.9. The van der Waals surface area contributed by atoms with Gasteiger partial charge in [-0.1, -0.05) is 18.2 Å². The molecule has 3 aromatic rings. The number of furan rings is 1. The Bertz CT molecular complexity index is 1020. The summed E-state index contributed by atoms with van der Waals surface area (Å²) in [7, 11) is 0. The fourth-order valence-electron chi connectivity index (χ4n) is 2.33. The van der Waals surface area contributed by atoms with Crippen molar-refractivity contribution in [3.8, 4) is 17.2 Å². The maximum Gasteiger partial charge on any atom is 0.258 e. The lowest BCUT2D eigenvalue weighted by Crippen LogP contribution is -2.35. The Kier molecular flexibility index (Phi) is 7.17. The van der Waals surface area contributed by atoms with Crippen LogP contribution in [0.3, 0.4) is 0 Å². The highest BCUT2D eigenvalue weighted by molar-refractivity contribution is 7.14. The lowest BCUT2D eigenvalue weighted by Gasteiger charge is -2.07. The van der Waals surface area contributed by atoms with Gasteiger partial charge in [0.15, 0.2) is 17.5 Å². The van der Waals surface area contributed by atoms with E-state index in [1.54, 1.807) is 41.8 Å². The maximum absolute atomic E-state index is 12.0. The standard InChI is InChI=1S/C20H20N4O5S/c1-13(25)21-9-15-7-8-17(29-15)16-12-30-20(23-16)24-18(26)10-22-19(27)11-28-14-5-3-2-4-6-14/h2-8,12H,9-11H2,1H3,(H,21,25)(H,22,27)(H,23,24,26). The van der Waals surface area contributed by atoms with Crippen molar-refractivity contribution in [2.45, 2.75) is 13.5 Å². The number of carbonyl (C=O) groups is 3. The first-order valence-corrected chi connectivity index (χ1v) is 9.91. The van der Waals surface area contributed by atoms with Gasteiger partial charge in [-0.25, -0.2) is 4.98 Å². The predicted octanol–water partition coefficient (Wildman–Crippen LogP) is 2.17. The number of anilines is 1. The highest BCUT2D eigenvalue weighted by Gasteiger charge is 2.12. The molecule has 2 aromatic heterocycles. The molecule has 10 heteroatoms. The number of hydrogen-bond donors (Lipinski definition) is 3. The number of carbonyl (C=O) groups excluding carboxylic acids is 3. The Morgan fingerprint density at radius 1 is 1.07 bits per heavy atom. The third kappa shape index (κ3) is 6.45. The van der Waals surface area contributed by atoms with E-state index in [-0.39, 0.29) is 25.6 Å². The highest BCUT2D eigenvalue weighted by Crippen LogP contribution is 2.26. The minimum absolute atomic E-state index is 0.148. The van der Waals surface area contributed by atoms with Crippen LogP contribution < -0.4 is 20.7 Å². The quantitative estimate of drug-likeness (QED) is 0.480. The summed E-state index contributed by atoms with van der Waals surface area (Å²) in [6.07, 6.45) is 0. The van der Waals surface area contributed by atoms with E-state index in [1.807, 2.05) is 6.07 Å². The lowest BCUT2D eigenvalue weighted by molar-refractivity contribution is -0.125. The van der Waals surface area contributed by atoms with Crippen LogP contribution in [0.2, 0.25) is 0 Å². The van der Waals surface area contributed by atoms with Crippen LogP contribution in [0.1, 0.15) is 12.7 Å². The van der Waals surface area contributed by atoms with Crippen molar-refractivity contribution in [3.05, 3.63) is 53.6 Å². The monoisotopic (exact) mass is 428 g/mol. The van der Waals surface area contributed by atoms with Crippen LogP contribution >= 0.6 is 11.3 Å². The van der Waals surface area contributed by atoms with Crippen molar-refractivity contribution >= 4 is 34.2 Å². The summed E-state index contributed by atoms with van der Waals surface area (Å²) in [5.41, 5.74) is 0.560. The van der Waals surface area contributed by atoms with Crippen LogP contribution in [0, 0.1) is 0 Å². The predicted molar refractivity (Wildman–Crippen MR) is 111 cm³/mol. The number of nitrogens with one attached hydrogen (secondary N) is 3. The molecule has 3 amide bonds. The first-order chi connectivity index (χ1) is 14.5. The molecule has 0 spiro atoms. The normalized spacial score (nSPS) is 10.3. The maximum atomic E-state index is 12.0. The summed E-state index contributed by atoms with van der Waals surface area (Å²) in [6, 6.07) is 12.4. The molecule has 0 bridgehead atoms.